The van der Waals surface area contributed by atoms with Gasteiger partial charge in [0.25, 0.3) is 5.91 Å². The number of rotatable bonds is 2. The number of methoxy groups -OCH3 is 2. The van der Waals surface area contributed by atoms with Crippen LogP contribution in [0.25, 0.3) is 0 Å². The van der Waals surface area contributed by atoms with Crippen LogP contribution in [-0.4, -0.2) is 60.6 Å². The second-order valence-electron chi connectivity index (χ2n) is 7.94. The summed E-state index contributed by atoms with van der Waals surface area (Å²) in [6.45, 7) is 1.71. The van der Waals surface area contributed by atoms with Crippen molar-refractivity contribution in [2.75, 3.05) is 21.3 Å². The highest BCUT2D eigenvalue weighted by molar-refractivity contribution is 6.09. The van der Waals surface area contributed by atoms with Crippen LogP contribution < -0.4 is 9.47 Å². The fraction of sp³-hybridized carbons (Fsp3) is 0.348. The number of benzene rings is 2. The number of ether oxygens (including phenoxy) is 3. The summed E-state index contributed by atoms with van der Waals surface area (Å²) in [7, 11) is 4.36. The molecule has 31 heavy (non-hydrogen) atoms. The van der Waals surface area contributed by atoms with Crippen LogP contribution in [0, 0.1) is 0 Å². The smallest absolute Gasteiger partial charge is 0.329 e. The van der Waals surface area contributed by atoms with E-state index < -0.39 is 29.5 Å². The van der Waals surface area contributed by atoms with Gasteiger partial charge in [-0.3, -0.25) is 4.79 Å². The number of amides is 3. The van der Waals surface area contributed by atoms with Crippen molar-refractivity contribution in [2.45, 2.75) is 31.3 Å². The van der Waals surface area contributed by atoms with Gasteiger partial charge in [-0.1, -0.05) is 18.2 Å². The predicted molar refractivity (Wildman–Crippen MR) is 111 cm³/mol. The summed E-state index contributed by atoms with van der Waals surface area (Å²) >= 11 is 0. The van der Waals surface area contributed by atoms with E-state index in [9.17, 15) is 14.4 Å². The van der Waals surface area contributed by atoms with Crippen molar-refractivity contribution in [1.29, 1.82) is 0 Å². The molecule has 5 rings (SSSR count). The first-order valence-electron chi connectivity index (χ1n) is 9.91. The Morgan fingerprint density at radius 3 is 2.42 bits per heavy atom. The molecule has 2 aromatic rings. The highest BCUT2D eigenvalue weighted by Gasteiger charge is 2.56. The first-order valence-corrected chi connectivity index (χ1v) is 9.91. The maximum absolute atomic E-state index is 13.5. The van der Waals surface area contributed by atoms with E-state index in [-0.39, 0.29) is 6.42 Å². The zero-order valence-electron chi connectivity index (χ0n) is 17.9. The number of imide groups is 1. The van der Waals surface area contributed by atoms with Crippen molar-refractivity contribution in [3.63, 3.8) is 0 Å². The van der Waals surface area contributed by atoms with Gasteiger partial charge in [-0.2, -0.15) is 0 Å². The van der Waals surface area contributed by atoms with Crippen LogP contribution in [0.2, 0.25) is 0 Å². The molecule has 8 nitrogen and oxygen atoms in total. The molecule has 0 spiro atoms. The molecule has 3 aliphatic heterocycles. The number of carbonyl (C=O) groups excluding carboxylic acids is 3. The largest absolute Gasteiger partial charge is 0.493 e. The molecule has 0 saturated carbocycles. The molecule has 0 unspecified atom stereocenters. The molecule has 1 saturated heterocycles. The summed E-state index contributed by atoms with van der Waals surface area (Å²) in [6, 6.07) is 10.9. The van der Waals surface area contributed by atoms with Crippen molar-refractivity contribution in [1.82, 2.24) is 9.80 Å². The summed E-state index contributed by atoms with van der Waals surface area (Å²) < 4.78 is 16.4. The van der Waals surface area contributed by atoms with Crippen molar-refractivity contribution in [2.24, 2.45) is 0 Å². The van der Waals surface area contributed by atoms with Crippen molar-refractivity contribution < 1.29 is 28.6 Å². The van der Waals surface area contributed by atoms with E-state index in [1.165, 1.54) is 12.0 Å². The lowest BCUT2D eigenvalue weighted by molar-refractivity contribution is -0.150. The zero-order chi connectivity index (χ0) is 22.3. The lowest BCUT2D eigenvalue weighted by Gasteiger charge is -2.29. The van der Waals surface area contributed by atoms with Crippen LogP contribution in [0.1, 0.15) is 18.1 Å². The van der Waals surface area contributed by atoms with Gasteiger partial charge < -0.3 is 19.1 Å². The van der Waals surface area contributed by atoms with Crippen molar-refractivity contribution in [3.8, 4) is 17.2 Å². The van der Waals surface area contributed by atoms with Crippen LogP contribution in [0.15, 0.2) is 42.5 Å². The van der Waals surface area contributed by atoms with E-state index in [2.05, 4.69) is 0 Å². The number of fused-ring (bicyclic) bond motifs is 3. The SMILES string of the molecule is COC(=O)[C@@H]1Cc2ccc(OC)c(c2)Oc2ccc(cc2)C[C@@]2(C)C(=O)N1C(=O)N2C. The minimum atomic E-state index is -1.12. The van der Waals surface area contributed by atoms with Gasteiger partial charge in [0.15, 0.2) is 11.5 Å². The molecule has 3 heterocycles. The van der Waals surface area contributed by atoms with E-state index in [0.717, 1.165) is 10.5 Å². The summed E-state index contributed by atoms with van der Waals surface area (Å²) in [4.78, 5) is 41.7. The molecule has 0 aromatic heterocycles. The monoisotopic (exact) mass is 424 g/mol. The lowest BCUT2D eigenvalue weighted by Crippen LogP contribution is -2.50. The molecule has 8 heteroatoms. The second-order valence-corrected chi connectivity index (χ2v) is 7.94. The molecular formula is C23H24N2O6. The highest BCUT2D eigenvalue weighted by atomic mass is 16.5. The number of hydrogen-bond donors (Lipinski definition) is 0. The maximum atomic E-state index is 13.5. The van der Waals surface area contributed by atoms with Crippen molar-refractivity contribution >= 4 is 17.9 Å². The molecular weight excluding hydrogens is 400 g/mol. The summed E-state index contributed by atoms with van der Waals surface area (Å²) in [5.41, 5.74) is 0.426. The Labute approximate surface area is 180 Å². The van der Waals surface area contributed by atoms with E-state index in [1.807, 2.05) is 24.3 Å². The number of hydrogen-bond acceptors (Lipinski definition) is 6. The molecule has 2 atom stereocenters. The average Bonchev–Trinajstić information content (AvgIpc) is 2.93. The van der Waals surface area contributed by atoms with Gasteiger partial charge in [0.1, 0.15) is 17.3 Å². The molecule has 3 aliphatic rings. The predicted octanol–water partition coefficient (Wildman–Crippen LogP) is 2.78. The molecule has 0 radical (unpaired) electrons. The number of nitrogens with zero attached hydrogens (tertiary/aromatic N) is 2. The zero-order valence-corrected chi connectivity index (χ0v) is 17.9. The normalized spacial score (nSPS) is 22.8. The summed E-state index contributed by atoms with van der Waals surface area (Å²) in [5.74, 6) is 0.508. The van der Waals surface area contributed by atoms with Gasteiger partial charge in [0, 0.05) is 19.9 Å². The van der Waals surface area contributed by atoms with Crippen LogP contribution in [0.3, 0.4) is 0 Å². The fourth-order valence-electron chi connectivity index (χ4n) is 4.10. The van der Waals surface area contributed by atoms with Crippen LogP contribution in [0.5, 0.6) is 17.2 Å². The Hall–Kier alpha value is -3.55. The van der Waals surface area contributed by atoms with Gasteiger partial charge in [-0.05, 0) is 42.3 Å². The third-order valence-corrected chi connectivity index (χ3v) is 6.05. The highest BCUT2D eigenvalue weighted by Crippen LogP contribution is 2.36. The maximum Gasteiger partial charge on any atom is 0.329 e. The van der Waals surface area contributed by atoms with Crippen LogP contribution in [-0.2, 0) is 27.2 Å². The Balaban J connectivity index is 1.89. The Kier molecular flexibility index (Phi) is 5.08. The lowest BCUT2D eigenvalue weighted by atomic mass is 9.91. The van der Waals surface area contributed by atoms with E-state index in [0.29, 0.717) is 29.2 Å². The molecule has 0 N–H and O–H groups in total. The molecule has 162 valence electrons. The van der Waals surface area contributed by atoms with Crippen LogP contribution in [0.4, 0.5) is 4.79 Å². The van der Waals surface area contributed by atoms with E-state index in [1.54, 1.807) is 39.3 Å². The number of carbonyl (C=O) groups is 3. The van der Waals surface area contributed by atoms with Gasteiger partial charge in [-0.15, -0.1) is 0 Å². The second kappa shape index (κ2) is 7.61. The number of likely N-dealkylation sites (N-methyl/N-ethyl adjacent to an activating group) is 1. The number of urea groups is 1. The van der Waals surface area contributed by atoms with Crippen LogP contribution >= 0.6 is 0 Å². The molecule has 1 fully saturated rings. The Morgan fingerprint density at radius 1 is 1.10 bits per heavy atom. The van der Waals surface area contributed by atoms with Gasteiger partial charge in [0.05, 0.1) is 14.2 Å². The number of esters is 1. The standard InChI is InChI=1S/C23H24N2O6/c1-23-13-14-5-8-16(9-6-14)31-19-12-15(7-10-18(19)29-3)11-17(20(26)30-4)25(21(23)27)22(28)24(23)2/h5-10,12,17H,11,13H2,1-4H3/t17-,23-/m0/s1. The Morgan fingerprint density at radius 2 is 1.77 bits per heavy atom. The third-order valence-electron chi connectivity index (χ3n) is 6.05. The average molecular weight is 424 g/mol. The van der Waals surface area contributed by atoms with Gasteiger partial charge >= 0.3 is 12.0 Å². The van der Waals surface area contributed by atoms with E-state index in [4.69, 9.17) is 14.2 Å². The first-order chi connectivity index (χ1) is 14.8. The Bertz CT molecular complexity index is 1050. The first kappa shape index (κ1) is 20.7. The molecule has 3 amide bonds. The van der Waals surface area contributed by atoms with E-state index >= 15 is 0 Å². The topological polar surface area (TPSA) is 85.4 Å². The molecule has 6 bridgehead atoms. The quantitative estimate of drug-likeness (QED) is 0.544. The van der Waals surface area contributed by atoms with Gasteiger partial charge in [-0.25, -0.2) is 14.5 Å². The van der Waals surface area contributed by atoms with Crippen molar-refractivity contribution in [3.05, 3.63) is 53.6 Å². The third kappa shape index (κ3) is 3.37. The molecule has 2 aromatic carbocycles. The summed E-state index contributed by atoms with van der Waals surface area (Å²) in [6.07, 6.45) is 0.388. The van der Waals surface area contributed by atoms with Gasteiger partial charge in [0.2, 0.25) is 0 Å². The summed E-state index contributed by atoms with van der Waals surface area (Å²) in [5, 5.41) is 0. The fourth-order valence-corrected chi connectivity index (χ4v) is 4.10. The molecule has 0 aliphatic carbocycles. The minimum absolute atomic E-state index is 0.0893. The minimum Gasteiger partial charge on any atom is -0.493 e.